The highest BCUT2D eigenvalue weighted by molar-refractivity contribution is 5.01. The average molecular weight is 165 g/mol. The number of hydrogen-bond acceptors (Lipinski definition) is 2. The van der Waals surface area contributed by atoms with Crippen LogP contribution in [-0.4, -0.2) is 19.3 Å². The minimum atomic E-state index is 0.344. The van der Waals surface area contributed by atoms with Crippen LogP contribution in [0.3, 0.4) is 0 Å². The third-order valence-corrected chi connectivity index (χ3v) is 2.44. The molecule has 0 aromatic carbocycles. The molecule has 2 heterocycles. The Balaban J connectivity index is 1.94. The zero-order valence-electron chi connectivity index (χ0n) is 7.20. The Kier molecular flexibility index (Phi) is 2.47. The zero-order valence-corrected chi connectivity index (χ0v) is 7.20. The molecular formula is C10H15NO. The van der Waals surface area contributed by atoms with Crippen LogP contribution in [0, 0.1) is 5.92 Å². The predicted octanol–water partition coefficient (Wildman–Crippen LogP) is 1.45. The van der Waals surface area contributed by atoms with Crippen LogP contribution >= 0.6 is 0 Å². The van der Waals surface area contributed by atoms with Gasteiger partial charge in [-0.15, -0.1) is 0 Å². The van der Waals surface area contributed by atoms with E-state index >= 15 is 0 Å². The topological polar surface area (TPSA) is 21.3 Å². The van der Waals surface area contributed by atoms with Gasteiger partial charge in [-0.25, -0.2) is 0 Å². The number of rotatable bonds is 1. The van der Waals surface area contributed by atoms with Crippen molar-refractivity contribution in [1.29, 1.82) is 0 Å². The smallest absolute Gasteiger partial charge is 0.0803 e. The highest BCUT2D eigenvalue weighted by Crippen LogP contribution is 2.19. The molecule has 0 aromatic rings. The quantitative estimate of drug-likeness (QED) is 0.594. The molecule has 12 heavy (non-hydrogen) atoms. The second-order valence-corrected chi connectivity index (χ2v) is 3.36. The second kappa shape index (κ2) is 3.76. The van der Waals surface area contributed by atoms with E-state index in [9.17, 15) is 0 Å². The first-order chi connectivity index (χ1) is 5.97. The Morgan fingerprint density at radius 2 is 2.33 bits per heavy atom. The summed E-state index contributed by atoms with van der Waals surface area (Å²) in [6.07, 6.45) is 11.2. The first-order valence-electron chi connectivity index (χ1n) is 4.63. The SMILES string of the molecule is C1=CC(C2CC=CNC2)OCC1. The molecular weight excluding hydrogens is 150 g/mol. The lowest BCUT2D eigenvalue weighted by Crippen LogP contribution is -2.33. The van der Waals surface area contributed by atoms with Gasteiger partial charge in [0, 0.05) is 12.5 Å². The molecule has 2 atom stereocenters. The van der Waals surface area contributed by atoms with Gasteiger partial charge in [-0.05, 0) is 19.0 Å². The molecule has 2 unspecified atom stereocenters. The van der Waals surface area contributed by atoms with Crippen LogP contribution < -0.4 is 5.32 Å². The van der Waals surface area contributed by atoms with E-state index in [-0.39, 0.29) is 0 Å². The Morgan fingerprint density at radius 3 is 3.00 bits per heavy atom. The summed E-state index contributed by atoms with van der Waals surface area (Å²) in [5, 5.41) is 3.24. The maximum absolute atomic E-state index is 5.66. The largest absolute Gasteiger partial charge is 0.391 e. The van der Waals surface area contributed by atoms with Crippen molar-refractivity contribution in [3.8, 4) is 0 Å². The standard InChI is InChI=1S/C10H15NO/c1-2-7-12-10(5-1)9-4-3-6-11-8-9/h1,3,5-6,9-11H,2,4,7-8H2. The molecule has 2 aliphatic heterocycles. The van der Waals surface area contributed by atoms with Crippen LogP contribution in [0.15, 0.2) is 24.4 Å². The van der Waals surface area contributed by atoms with Crippen LogP contribution in [0.4, 0.5) is 0 Å². The minimum Gasteiger partial charge on any atom is -0.391 e. The minimum absolute atomic E-state index is 0.344. The lowest BCUT2D eigenvalue weighted by molar-refractivity contribution is 0.0398. The number of allylic oxidation sites excluding steroid dienone is 1. The summed E-state index contributed by atoms with van der Waals surface area (Å²) < 4.78 is 5.66. The van der Waals surface area contributed by atoms with E-state index in [1.54, 1.807) is 0 Å². The zero-order chi connectivity index (χ0) is 8.23. The maximum atomic E-state index is 5.66. The number of hydrogen-bond donors (Lipinski definition) is 1. The van der Waals surface area contributed by atoms with Crippen LogP contribution in [0.2, 0.25) is 0 Å². The summed E-state index contributed by atoms with van der Waals surface area (Å²) in [6.45, 7) is 1.94. The normalized spacial score (nSPS) is 34.7. The lowest BCUT2D eigenvalue weighted by Gasteiger charge is -2.28. The molecule has 2 heteroatoms. The second-order valence-electron chi connectivity index (χ2n) is 3.36. The van der Waals surface area contributed by atoms with Crippen molar-refractivity contribution >= 4 is 0 Å². The van der Waals surface area contributed by atoms with Crippen LogP contribution in [0.25, 0.3) is 0 Å². The Labute approximate surface area is 73.3 Å². The van der Waals surface area contributed by atoms with Crippen molar-refractivity contribution in [1.82, 2.24) is 5.32 Å². The molecule has 2 rings (SSSR count). The van der Waals surface area contributed by atoms with Crippen molar-refractivity contribution in [2.75, 3.05) is 13.2 Å². The summed E-state index contributed by atoms with van der Waals surface area (Å²) in [5.41, 5.74) is 0. The Bertz CT molecular complexity index is 198. The summed E-state index contributed by atoms with van der Waals surface area (Å²) in [7, 11) is 0. The third-order valence-electron chi connectivity index (χ3n) is 2.44. The molecule has 0 aromatic heterocycles. The van der Waals surface area contributed by atoms with Gasteiger partial charge >= 0.3 is 0 Å². The van der Waals surface area contributed by atoms with E-state index < -0.39 is 0 Å². The van der Waals surface area contributed by atoms with Gasteiger partial charge in [0.25, 0.3) is 0 Å². The van der Waals surface area contributed by atoms with Crippen molar-refractivity contribution in [3.63, 3.8) is 0 Å². The third kappa shape index (κ3) is 1.69. The molecule has 0 saturated carbocycles. The van der Waals surface area contributed by atoms with Crippen molar-refractivity contribution < 1.29 is 4.74 Å². The molecule has 1 N–H and O–H groups in total. The molecule has 0 radical (unpaired) electrons. The Hall–Kier alpha value is -0.760. The molecule has 0 bridgehead atoms. The summed E-state index contributed by atoms with van der Waals surface area (Å²) >= 11 is 0. The molecule has 0 amide bonds. The van der Waals surface area contributed by atoms with E-state index in [4.69, 9.17) is 4.74 Å². The molecule has 0 saturated heterocycles. The van der Waals surface area contributed by atoms with Gasteiger partial charge in [0.05, 0.1) is 12.7 Å². The maximum Gasteiger partial charge on any atom is 0.0803 e. The molecule has 0 aliphatic carbocycles. The Morgan fingerprint density at radius 1 is 1.33 bits per heavy atom. The predicted molar refractivity (Wildman–Crippen MR) is 48.7 cm³/mol. The van der Waals surface area contributed by atoms with Gasteiger partial charge in [-0.1, -0.05) is 18.2 Å². The van der Waals surface area contributed by atoms with Gasteiger partial charge < -0.3 is 10.1 Å². The van der Waals surface area contributed by atoms with E-state index in [0.717, 1.165) is 26.0 Å². The summed E-state index contributed by atoms with van der Waals surface area (Å²) in [5.74, 6) is 0.631. The van der Waals surface area contributed by atoms with E-state index in [2.05, 4.69) is 23.5 Å². The van der Waals surface area contributed by atoms with Gasteiger partial charge in [-0.2, -0.15) is 0 Å². The summed E-state index contributed by atoms with van der Waals surface area (Å²) in [6, 6.07) is 0. The fourth-order valence-corrected chi connectivity index (χ4v) is 1.73. The van der Waals surface area contributed by atoms with E-state index in [0.29, 0.717) is 12.0 Å². The van der Waals surface area contributed by atoms with Gasteiger partial charge in [0.2, 0.25) is 0 Å². The van der Waals surface area contributed by atoms with E-state index in [1.807, 2.05) is 6.20 Å². The first-order valence-corrected chi connectivity index (χ1v) is 4.63. The number of ether oxygens (including phenoxy) is 1. The highest BCUT2D eigenvalue weighted by atomic mass is 16.5. The molecule has 2 nitrogen and oxygen atoms in total. The highest BCUT2D eigenvalue weighted by Gasteiger charge is 2.21. The van der Waals surface area contributed by atoms with E-state index in [1.165, 1.54) is 0 Å². The van der Waals surface area contributed by atoms with Crippen LogP contribution in [0.1, 0.15) is 12.8 Å². The van der Waals surface area contributed by atoms with Crippen molar-refractivity contribution in [2.45, 2.75) is 18.9 Å². The molecule has 0 fully saturated rings. The first kappa shape index (κ1) is 7.87. The molecule has 0 spiro atoms. The lowest BCUT2D eigenvalue weighted by atomic mass is 9.95. The average Bonchev–Trinajstić information content (AvgIpc) is 2.21. The fourth-order valence-electron chi connectivity index (χ4n) is 1.73. The summed E-state index contributed by atoms with van der Waals surface area (Å²) in [4.78, 5) is 0. The molecule has 2 aliphatic rings. The monoisotopic (exact) mass is 165 g/mol. The fraction of sp³-hybridized carbons (Fsp3) is 0.600. The van der Waals surface area contributed by atoms with Crippen LogP contribution in [-0.2, 0) is 4.74 Å². The van der Waals surface area contributed by atoms with Crippen molar-refractivity contribution in [3.05, 3.63) is 24.4 Å². The van der Waals surface area contributed by atoms with Gasteiger partial charge in [0.15, 0.2) is 0 Å². The van der Waals surface area contributed by atoms with Crippen molar-refractivity contribution in [2.24, 2.45) is 5.92 Å². The van der Waals surface area contributed by atoms with Crippen LogP contribution in [0.5, 0.6) is 0 Å². The van der Waals surface area contributed by atoms with Gasteiger partial charge in [-0.3, -0.25) is 0 Å². The molecule has 66 valence electrons. The number of nitrogens with one attached hydrogen (secondary N) is 1. The van der Waals surface area contributed by atoms with Gasteiger partial charge in [0.1, 0.15) is 0 Å².